The van der Waals surface area contributed by atoms with Gasteiger partial charge in [-0.25, -0.2) is 0 Å². The first kappa shape index (κ1) is 8.10. The van der Waals surface area contributed by atoms with Crippen LogP contribution in [0.5, 0.6) is 11.5 Å². The molecule has 1 heterocycles. The van der Waals surface area contributed by atoms with E-state index in [1.165, 1.54) is 0 Å². The van der Waals surface area contributed by atoms with Gasteiger partial charge in [0.15, 0.2) is 0 Å². The van der Waals surface area contributed by atoms with Crippen molar-refractivity contribution in [3.63, 3.8) is 0 Å². The molecule has 1 aromatic carbocycles. The molecule has 13 heavy (non-hydrogen) atoms. The average Bonchev–Trinajstić information content (AvgIpc) is 2.52. The summed E-state index contributed by atoms with van der Waals surface area (Å²) in [5.41, 5.74) is 1.66. The summed E-state index contributed by atoms with van der Waals surface area (Å²) in [5.74, 6) is 0.992. The van der Waals surface area contributed by atoms with Crippen LogP contribution in [-0.2, 0) is 17.6 Å². The lowest BCUT2D eigenvalue weighted by Gasteiger charge is -2.04. The molecule has 0 atom stereocenters. The number of aldehydes is 1. The Kier molecular flexibility index (Phi) is 1.93. The van der Waals surface area contributed by atoms with Gasteiger partial charge in [-0.15, -0.1) is 0 Å². The number of rotatable bonds is 2. The highest BCUT2D eigenvalue weighted by Gasteiger charge is 2.14. The lowest BCUT2D eigenvalue weighted by atomic mass is 10.1. The molecule has 0 aliphatic carbocycles. The minimum atomic E-state index is 0.191. The van der Waals surface area contributed by atoms with Crippen LogP contribution in [0.25, 0.3) is 0 Å². The highest BCUT2D eigenvalue weighted by Crippen LogP contribution is 2.31. The number of hydrogen-bond acceptors (Lipinski definition) is 3. The minimum Gasteiger partial charge on any atom is -0.508 e. The summed E-state index contributed by atoms with van der Waals surface area (Å²) in [6, 6.07) is 3.42. The van der Waals surface area contributed by atoms with E-state index >= 15 is 0 Å². The van der Waals surface area contributed by atoms with Gasteiger partial charge in [-0.2, -0.15) is 0 Å². The van der Waals surface area contributed by atoms with E-state index in [1.54, 1.807) is 12.1 Å². The molecule has 1 aromatic rings. The van der Waals surface area contributed by atoms with E-state index in [4.69, 9.17) is 4.74 Å². The van der Waals surface area contributed by atoms with Crippen molar-refractivity contribution in [1.29, 1.82) is 0 Å². The zero-order valence-corrected chi connectivity index (χ0v) is 7.12. The third kappa shape index (κ3) is 1.37. The van der Waals surface area contributed by atoms with Crippen molar-refractivity contribution >= 4 is 6.29 Å². The maximum absolute atomic E-state index is 10.3. The van der Waals surface area contributed by atoms with E-state index in [0.717, 1.165) is 24.0 Å². The van der Waals surface area contributed by atoms with Crippen molar-refractivity contribution < 1.29 is 14.6 Å². The van der Waals surface area contributed by atoms with Gasteiger partial charge in [0.25, 0.3) is 0 Å². The quantitative estimate of drug-likeness (QED) is 0.689. The van der Waals surface area contributed by atoms with Gasteiger partial charge in [-0.3, -0.25) is 0 Å². The largest absolute Gasteiger partial charge is 0.508 e. The average molecular weight is 178 g/mol. The Morgan fingerprint density at radius 1 is 1.54 bits per heavy atom. The Morgan fingerprint density at radius 2 is 2.38 bits per heavy atom. The topological polar surface area (TPSA) is 46.5 Å². The fourth-order valence-corrected chi connectivity index (χ4v) is 1.51. The highest BCUT2D eigenvalue weighted by atomic mass is 16.5. The van der Waals surface area contributed by atoms with Crippen molar-refractivity contribution in [3.05, 3.63) is 23.3 Å². The van der Waals surface area contributed by atoms with Gasteiger partial charge in [0.05, 0.1) is 6.61 Å². The monoisotopic (exact) mass is 178 g/mol. The molecule has 0 unspecified atom stereocenters. The molecule has 0 saturated carbocycles. The Balaban J connectivity index is 2.42. The lowest BCUT2D eigenvalue weighted by Crippen LogP contribution is -1.89. The molecule has 3 nitrogen and oxygen atoms in total. The number of carbonyl (C=O) groups is 1. The smallest absolute Gasteiger partial charge is 0.124 e. The molecule has 68 valence electrons. The molecule has 0 bridgehead atoms. The number of hydrogen-bond donors (Lipinski definition) is 1. The molecule has 0 aromatic heterocycles. The molecule has 1 aliphatic heterocycles. The summed E-state index contributed by atoms with van der Waals surface area (Å²) in [4.78, 5) is 10.3. The third-order valence-electron chi connectivity index (χ3n) is 2.19. The number of benzene rings is 1. The van der Waals surface area contributed by atoms with Gasteiger partial charge in [-0.05, 0) is 12.1 Å². The number of fused-ring (bicyclic) bond motifs is 1. The van der Waals surface area contributed by atoms with E-state index in [-0.39, 0.29) is 12.2 Å². The van der Waals surface area contributed by atoms with Gasteiger partial charge < -0.3 is 14.6 Å². The van der Waals surface area contributed by atoms with Gasteiger partial charge in [0, 0.05) is 24.0 Å². The number of ether oxygens (including phenoxy) is 1. The number of aromatic hydroxyl groups is 1. The van der Waals surface area contributed by atoms with Gasteiger partial charge >= 0.3 is 0 Å². The fraction of sp³-hybridized carbons (Fsp3) is 0.300. The summed E-state index contributed by atoms with van der Waals surface area (Å²) < 4.78 is 5.31. The second-order valence-corrected chi connectivity index (χ2v) is 3.06. The zero-order chi connectivity index (χ0) is 9.26. The second kappa shape index (κ2) is 3.09. The van der Waals surface area contributed by atoms with E-state index in [2.05, 4.69) is 0 Å². The van der Waals surface area contributed by atoms with E-state index in [0.29, 0.717) is 12.2 Å². The van der Waals surface area contributed by atoms with Crippen molar-refractivity contribution in [3.8, 4) is 11.5 Å². The third-order valence-corrected chi connectivity index (χ3v) is 2.19. The van der Waals surface area contributed by atoms with Crippen LogP contribution < -0.4 is 4.74 Å². The van der Waals surface area contributed by atoms with Crippen LogP contribution in [0, 0.1) is 0 Å². The van der Waals surface area contributed by atoms with E-state index in [1.807, 2.05) is 0 Å². The molecular weight excluding hydrogens is 168 g/mol. The normalized spacial score (nSPS) is 13.5. The highest BCUT2D eigenvalue weighted by molar-refractivity contribution is 5.59. The van der Waals surface area contributed by atoms with Gasteiger partial charge in [0.2, 0.25) is 0 Å². The van der Waals surface area contributed by atoms with E-state index < -0.39 is 0 Å². The molecule has 0 radical (unpaired) electrons. The molecule has 3 heteroatoms. The zero-order valence-electron chi connectivity index (χ0n) is 7.12. The van der Waals surface area contributed by atoms with Gasteiger partial charge in [0.1, 0.15) is 17.8 Å². The predicted molar refractivity (Wildman–Crippen MR) is 47.1 cm³/mol. The van der Waals surface area contributed by atoms with Crippen LogP contribution in [0.2, 0.25) is 0 Å². The summed E-state index contributed by atoms with van der Waals surface area (Å²) >= 11 is 0. The van der Waals surface area contributed by atoms with Crippen LogP contribution in [0.1, 0.15) is 11.1 Å². The Hall–Kier alpha value is -1.51. The van der Waals surface area contributed by atoms with Crippen LogP contribution in [0.15, 0.2) is 12.1 Å². The number of carbonyl (C=O) groups excluding carboxylic acids is 1. The van der Waals surface area contributed by atoms with Crippen molar-refractivity contribution in [2.45, 2.75) is 12.8 Å². The minimum absolute atomic E-state index is 0.191. The van der Waals surface area contributed by atoms with Crippen molar-refractivity contribution in [2.75, 3.05) is 6.61 Å². The predicted octanol–water partition coefficient (Wildman–Crippen LogP) is 1.07. The Labute approximate surface area is 76.0 Å². The standard InChI is InChI=1S/C10H10O3/c11-3-1-7-6-10-8(2-4-13-10)5-9(7)12/h3,5-6,12H,1-2,4H2. The fourth-order valence-electron chi connectivity index (χ4n) is 1.51. The molecular formula is C10H10O3. The molecule has 0 fully saturated rings. The first-order chi connectivity index (χ1) is 6.31. The summed E-state index contributed by atoms with van der Waals surface area (Å²) in [7, 11) is 0. The van der Waals surface area contributed by atoms with Crippen LogP contribution in [0.4, 0.5) is 0 Å². The van der Waals surface area contributed by atoms with Crippen LogP contribution in [0.3, 0.4) is 0 Å². The summed E-state index contributed by atoms with van der Waals surface area (Å²) in [6.07, 6.45) is 1.85. The number of phenols is 1. The molecule has 2 rings (SSSR count). The first-order valence-electron chi connectivity index (χ1n) is 4.22. The molecule has 0 saturated heterocycles. The van der Waals surface area contributed by atoms with Crippen LogP contribution >= 0.6 is 0 Å². The first-order valence-corrected chi connectivity index (χ1v) is 4.22. The molecule has 1 aliphatic rings. The number of phenolic OH excluding ortho intramolecular Hbond substituents is 1. The maximum Gasteiger partial charge on any atom is 0.124 e. The summed E-state index contributed by atoms with van der Waals surface area (Å²) in [6.45, 7) is 0.666. The molecule has 1 N–H and O–H groups in total. The van der Waals surface area contributed by atoms with Gasteiger partial charge in [-0.1, -0.05) is 0 Å². The Morgan fingerprint density at radius 3 is 3.15 bits per heavy atom. The lowest BCUT2D eigenvalue weighted by molar-refractivity contribution is -0.107. The Bertz CT molecular complexity index is 344. The molecule has 0 spiro atoms. The van der Waals surface area contributed by atoms with Crippen molar-refractivity contribution in [2.24, 2.45) is 0 Å². The second-order valence-electron chi connectivity index (χ2n) is 3.06. The summed E-state index contributed by atoms with van der Waals surface area (Å²) in [5, 5.41) is 9.49. The molecule has 0 amide bonds. The van der Waals surface area contributed by atoms with E-state index in [9.17, 15) is 9.90 Å². The SMILES string of the molecule is O=CCc1cc2c(cc1O)CCO2. The maximum atomic E-state index is 10.3. The van der Waals surface area contributed by atoms with Crippen molar-refractivity contribution in [1.82, 2.24) is 0 Å². The van der Waals surface area contributed by atoms with Crippen LogP contribution in [-0.4, -0.2) is 18.0 Å².